The van der Waals surface area contributed by atoms with E-state index in [0.29, 0.717) is 13.1 Å². The second-order valence-electron chi connectivity index (χ2n) is 4.93. The summed E-state index contributed by atoms with van der Waals surface area (Å²) in [6.45, 7) is 4.48. The molecule has 0 radical (unpaired) electrons. The Hall–Kier alpha value is -0.900. The lowest BCUT2D eigenvalue weighted by atomic mass is 10.1. The van der Waals surface area contributed by atoms with Crippen molar-refractivity contribution in [2.75, 3.05) is 20.1 Å². The summed E-state index contributed by atoms with van der Waals surface area (Å²) in [5, 5.41) is 10.1. The predicted molar refractivity (Wildman–Crippen MR) is 76.3 cm³/mol. The van der Waals surface area contributed by atoms with Crippen molar-refractivity contribution >= 4 is 0 Å². The molecule has 18 heavy (non-hydrogen) atoms. The zero-order valence-electron chi connectivity index (χ0n) is 11.6. The number of hydrogen-bond donors (Lipinski definition) is 2. The molecular weight excluding hydrogens is 224 g/mol. The molecule has 3 heteroatoms. The number of aliphatic hydroxyl groups is 1. The average Bonchev–Trinajstić information content (AvgIpc) is 2.39. The summed E-state index contributed by atoms with van der Waals surface area (Å²) in [4.78, 5) is 2.19. The Morgan fingerprint density at radius 3 is 2.44 bits per heavy atom. The van der Waals surface area contributed by atoms with Gasteiger partial charge in [0.15, 0.2) is 0 Å². The smallest absolute Gasteiger partial charge is 0.0916 e. The Morgan fingerprint density at radius 1 is 1.22 bits per heavy atom. The zero-order chi connectivity index (χ0) is 13.4. The number of hydrogen-bond acceptors (Lipinski definition) is 3. The van der Waals surface area contributed by atoms with Crippen LogP contribution in [0.2, 0.25) is 0 Å². The van der Waals surface area contributed by atoms with Crippen LogP contribution in [0.3, 0.4) is 0 Å². The highest BCUT2D eigenvalue weighted by atomic mass is 16.3. The van der Waals surface area contributed by atoms with Gasteiger partial charge in [-0.15, -0.1) is 0 Å². The molecule has 1 aromatic carbocycles. The molecule has 102 valence electrons. The van der Waals surface area contributed by atoms with Crippen molar-refractivity contribution in [3.63, 3.8) is 0 Å². The van der Waals surface area contributed by atoms with Crippen LogP contribution in [0.25, 0.3) is 0 Å². The SMILES string of the molecule is CCCCCN(C)CC(O)c1ccc(CN)cc1. The number of likely N-dealkylation sites (N-methyl/N-ethyl adjacent to an activating group) is 1. The first-order valence-corrected chi connectivity index (χ1v) is 6.83. The van der Waals surface area contributed by atoms with Crippen LogP contribution < -0.4 is 5.73 Å². The van der Waals surface area contributed by atoms with Crippen molar-refractivity contribution in [1.82, 2.24) is 4.90 Å². The molecule has 1 unspecified atom stereocenters. The van der Waals surface area contributed by atoms with Crippen LogP contribution in [0.4, 0.5) is 0 Å². The number of nitrogens with two attached hydrogens (primary N) is 1. The summed E-state index contributed by atoms with van der Waals surface area (Å²) >= 11 is 0. The van der Waals surface area contributed by atoms with Gasteiger partial charge in [-0.3, -0.25) is 0 Å². The molecule has 0 spiro atoms. The number of nitrogens with zero attached hydrogens (tertiary/aromatic N) is 1. The highest BCUT2D eigenvalue weighted by Gasteiger charge is 2.10. The Labute approximate surface area is 111 Å². The Bertz CT molecular complexity index is 324. The third-order valence-corrected chi connectivity index (χ3v) is 3.23. The maximum absolute atomic E-state index is 10.1. The monoisotopic (exact) mass is 250 g/mol. The molecule has 3 nitrogen and oxygen atoms in total. The molecule has 0 bridgehead atoms. The highest BCUT2D eigenvalue weighted by molar-refractivity contribution is 5.24. The van der Waals surface area contributed by atoms with E-state index in [9.17, 15) is 5.11 Å². The molecule has 0 amide bonds. The molecule has 0 aromatic heterocycles. The fourth-order valence-electron chi connectivity index (χ4n) is 2.00. The van der Waals surface area contributed by atoms with Crippen LogP contribution in [0, 0.1) is 0 Å². The maximum atomic E-state index is 10.1. The van der Waals surface area contributed by atoms with Gasteiger partial charge in [0.2, 0.25) is 0 Å². The Balaban J connectivity index is 2.40. The minimum Gasteiger partial charge on any atom is -0.387 e. The van der Waals surface area contributed by atoms with Crippen LogP contribution >= 0.6 is 0 Å². The molecule has 0 aliphatic rings. The average molecular weight is 250 g/mol. The molecule has 0 fully saturated rings. The fourth-order valence-corrected chi connectivity index (χ4v) is 2.00. The van der Waals surface area contributed by atoms with Gasteiger partial charge < -0.3 is 15.7 Å². The summed E-state index contributed by atoms with van der Waals surface area (Å²) in [7, 11) is 2.06. The van der Waals surface area contributed by atoms with Gasteiger partial charge in [0, 0.05) is 13.1 Å². The fraction of sp³-hybridized carbons (Fsp3) is 0.600. The van der Waals surface area contributed by atoms with E-state index >= 15 is 0 Å². The van der Waals surface area contributed by atoms with E-state index in [0.717, 1.165) is 17.7 Å². The lowest BCUT2D eigenvalue weighted by molar-refractivity contribution is 0.126. The van der Waals surface area contributed by atoms with Crippen molar-refractivity contribution in [3.05, 3.63) is 35.4 Å². The summed E-state index contributed by atoms with van der Waals surface area (Å²) in [6, 6.07) is 7.89. The van der Waals surface area contributed by atoms with Gasteiger partial charge in [-0.25, -0.2) is 0 Å². The quantitative estimate of drug-likeness (QED) is 0.696. The molecule has 0 saturated carbocycles. The summed E-state index contributed by atoms with van der Waals surface area (Å²) < 4.78 is 0. The molecule has 1 rings (SSSR count). The Morgan fingerprint density at radius 2 is 1.89 bits per heavy atom. The minimum absolute atomic E-state index is 0.413. The molecule has 0 aliphatic heterocycles. The number of rotatable bonds is 8. The van der Waals surface area contributed by atoms with Crippen LogP contribution in [-0.4, -0.2) is 30.1 Å². The first-order valence-electron chi connectivity index (χ1n) is 6.83. The van der Waals surface area contributed by atoms with Crippen molar-refractivity contribution in [3.8, 4) is 0 Å². The van der Waals surface area contributed by atoms with E-state index in [1.807, 2.05) is 24.3 Å². The van der Waals surface area contributed by atoms with Gasteiger partial charge in [-0.1, -0.05) is 44.0 Å². The van der Waals surface area contributed by atoms with Crippen LogP contribution in [0.1, 0.15) is 43.4 Å². The van der Waals surface area contributed by atoms with Gasteiger partial charge >= 0.3 is 0 Å². The summed E-state index contributed by atoms with van der Waals surface area (Å²) in [5.74, 6) is 0. The van der Waals surface area contributed by atoms with Gasteiger partial charge in [0.25, 0.3) is 0 Å². The third kappa shape index (κ3) is 5.17. The molecular formula is C15H26N2O. The van der Waals surface area contributed by atoms with Crippen LogP contribution in [0.15, 0.2) is 24.3 Å². The first kappa shape index (κ1) is 15.2. The first-order chi connectivity index (χ1) is 8.67. The third-order valence-electron chi connectivity index (χ3n) is 3.23. The predicted octanol–water partition coefficient (Wildman–Crippen LogP) is 2.30. The number of unbranched alkanes of at least 4 members (excludes halogenated alkanes) is 2. The topological polar surface area (TPSA) is 49.5 Å². The lowest BCUT2D eigenvalue weighted by Gasteiger charge is -2.20. The highest BCUT2D eigenvalue weighted by Crippen LogP contribution is 2.15. The lowest BCUT2D eigenvalue weighted by Crippen LogP contribution is -2.25. The van der Waals surface area contributed by atoms with E-state index in [2.05, 4.69) is 18.9 Å². The van der Waals surface area contributed by atoms with Crippen molar-refractivity contribution < 1.29 is 5.11 Å². The van der Waals surface area contributed by atoms with E-state index < -0.39 is 6.10 Å². The van der Waals surface area contributed by atoms with Crippen LogP contribution in [0.5, 0.6) is 0 Å². The molecule has 3 N–H and O–H groups in total. The van der Waals surface area contributed by atoms with E-state index in [1.54, 1.807) is 0 Å². The molecule has 1 aromatic rings. The minimum atomic E-state index is -0.413. The van der Waals surface area contributed by atoms with E-state index in [4.69, 9.17) is 5.73 Å². The Kier molecular flexibility index (Phi) is 6.94. The normalized spacial score (nSPS) is 12.9. The molecule has 0 aliphatic carbocycles. The van der Waals surface area contributed by atoms with Crippen molar-refractivity contribution in [2.24, 2.45) is 5.73 Å². The summed E-state index contributed by atoms with van der Waals surface area (Å²) in [5.41, 5.74) is 7.62. The molecule has 1 atom stereocenters. The maximum Gasteiger partial charge on any atom is 0.0916 e. The number of aliphatic hydroxyl groups excluding tert-OH is 1. The van der Waals surface area contributed by atoms with Crippen LogP contribution in [-0.2, 0) is 6.54 Å². The van der Waals surface area contributed by atoms with Crippen molar-refractivity contribution in [1.29, 1.82) is 0 Å². The van der Waals surface area contributed by atoms with Crippen molar-refractivity contribution in [2.45, 2.75) is 38.8 Å². The standard InChI is InChI=1S/C15H26N2O/c1-3-4-5-10-17(2)12-15(18)14-8-6-13(11-16)7-9-14/h6-9,15,18H,3-5,10-12,16H2,1-2H3. The molecule has 0 heterocycles. The van der Waals surface area contributed by atoms with Gasteiger partial charge in [-0.2, -0.15) is 0 Å². The summed E-state index contributed by atoms with van der Waals surface area (Å²) in [6.07, 6.45) is 3.28. The zero-order valence-corrected chi connectivity index (χ0v) is 11.6. The molecule has 0 saturated heterocycles. The van der Waals surface area contributed by atoms with Gasteiger partial charge in [-0.05, 0) is 31.1 Å². The second-order valence-corrected chi connectivity index (χ2v) is 4.93. The largest absolute Gasteiger partial charge is 0.387 e. The van der Waals surface area contributed by atoms with E-state index in [-0.39, 0.29) is 0 Å². The second kappa shape index (κ2) is 8.25. The van der Waals surface area contributed by atoms with Gasteiger partial charge in [0.05, 0.1) is 6.10 Å². The number of benzene rings is 1. The van der Waals surface area contributed by atoms with E-state index in [1.165, 1.54) is 19.3 Å². The van der Waals surface area contributed by atoms with Gasteiger partial charge in [0.1, 0.15) is 0 Å².